The molecule has 1 fully saturated rings. The van der Waals surface area contributed by atoms with Gasteiger partial charge >= 0.3 is 6.09 Å². The summed E-state index contributed by atoms with van der Waals surface area (Å²) in [5.74, 6) is -0.00608. The van der Waals surface area contributed by atoms with Crippen molar-refractivity contribution in [3.8, 4) is 0 Å². The van der Waals surface area contributed by atoms with Gasteiger partial charge in [-0.05, 0) is 29.1 Å². The summed E-state index contributed by atoms with van der Waals surface area (Å²) in [5.41, 5.74) is 1.75. The molecule has 0 atom stereocenters. The van der Waals surface area contributed by atoms with Crippen LogP contribution in [0.3, 0.4) is 0 Å². The van der Waals surface area contributed by atoms with Crippen LogP contribution in [0.4, 0.5) is 10.5 Å². The zero-order valence-electron chi connectivity index (χ0n) is 12.0. The number of cyclic esters (lactones) is 1. The van der Waals surface area contributed by atoms with E-state index >= 15 is 0 Å². The third kappa shape index (κ3) is 3.46. The molecule has 1 aliphatic rings. The molecule has 0 saturated carbocycles. The lowest BCUT2D eigenvalue weighted by Gasteiger charge is -2.14. The Bertz CT molecular complexity index is 670. The maximum Gasteiger partial charge on any atom is 0.414 e. The molecule has 0 aliphatic carbocycles. The first-order valence-corrected chi connectivity index (χ1v) is 7.92. The number of ether oxygens (including phenoxy) is 1. The number of carbonyl (C=O) groups is 2. The number of benzene rings is 1. The Kier molecular flexibility index (Phi) is 4.39. The molecule has 1 saturated heterocycles. The number of carbonyl (C=O) groups excluding carboxylic acids is 2. The maximum absolute atomic E-state index is 11.9. The van der Waals surface area contributed by atoms with Crippen LogP contribution in [0.25, 0.3) is 0 Å². The smallest absolute Gasteiger partial charge is 0.414 e. The highest BCUT2D eigenvalue weighted by Crippen LogP contribution is 2.20. The lowest BCUT2D eigenvalue weighted by Crippen LogP contribution is -2.25. The Morgan fingerprint density at radius 1 is 1.32 bits per heavy atom. The molecule has 0 unspecified atom stereocenters. The average Bonchev–Trinajstić information content (AvgIpc) is 3.17. The number of thiophene rings is 1. The normalized spacial score (nSPS) is 14.0. The van der Waals surface area contributed by atoms with Gasteiger partial charge in [0.05, 0.1) is 13.0 Å². The molecule has 22 heavy (non-hydrogen) atoms. The number of nitrogens with one attached hydrogen (secondary N) is 1. The van der Waals surface area contributed by atoms with Gasteiger partial charge in [-0.1, -0.05) is 18.2 Å². The summed E-state index contributed by atoms with van der Waals surface area (Å²) in [7, 11) is 0. The van der Waals surface area contributed by atoms with Gasteiger partial charge in [0.2, 0.25) is 5.91 Å². The molecule has 114 valence electrons. The monoisotopic (exact) mass is 316 g/mol. The van der Waals surface area contributed by atoms with Crippen LogP contribution >= 0.6 is 11.3 Å². The number of hydrogen-bond donors (Lipinski definition) is 1. The van der Waals surface area contributed by atoms with E-state index in [1.807, 2.05) is 41.8 Å². The van der Waals surface area contributed by atoms with Gasteiger partial charge in [0.25, 0.3) is 0 Å². The third-order valence-corrected chi connectivity index (χ3v) is 4.26. The highest BCUT2D eigenvalue weighted by molar-refractivity contribution is 7.10. The van der Waals surface area contributed by atoms with Gasteiger partial charge in [0, 0.05) is 17.1 Å². The van der Waals surface area contributed by atoms with Crippen LogP contribution in [0.5, 0.6) is 0 Å². The van der Waals surface area contributed by atoms with E-state index in [9.17, 15) is 9.59 Å². The summed E-state index contributed by atoms with van der Waals surface area (Å²) in [6.07, 6.45) is 0.0781. The van der Waals surface area contributed by atoms with E-state index in [0.717, 1.165) is 16.1 Å². The number of nitrogens with zero attached hydrogens (tertiary/aromatic N) is 1. The van der Waals surface area contributed by atoms with Crippen molar-refractivity contribution in [1.82, 2.24) is 5.32 Å². The Morgan fingerprint density at radius 3 is 2.95 bits per heavy atom. The van der Waals surface area contributed by atoms with E-state index in [-0.39, 0.29) is 12.0 Å². The molecule has 0 radical (unpaired) electrons. The molecule has 3 rings (SSSR count). The predicted octanol–water partition coefficient (Wildman–Crippen LogP) is 2.56. The Morgan fingerprint density at radius 2 is 2.23 bits per heavy atom. The zero-order valence-corrected chi connectivity index (χ0v) is 12.8. The first-order valence-electron chi connectivity index (χ1n) is 7.05. The second-order valence-electron chi connectivity index (χ2n) is 4.97. The average molecular weight is 316 g/mol. The second-order valence-corrected chi connectivity index (χ2v) is 6.00. The van der Waals surface area contributed by atoms with Crippen molar-refractivity contribution in [2.75, 3.05) is 18.1 Å². The molecular formula is C16H16N2O3S. The molecule has 1 aliphatic heterocycles. The summed E-state index contributed by atoms with van der Waals surface area (Å²) in [6.45, 7) is 1.43. The van der Waals surface area contributed by atoms with Crippen LogP contribution in [-0.2, 0) is 22.5 Å². The highest BCUT2D eigenvalue weighted by Gasteiger charge is 2.23. The van der Waals surface area contributed by atoms with Gasteiger partial charge in [0.15, 0.2) is 0 Å². The van der Waals surface area contributed by atoms with Crippen LogP contribution in [-0.4, -0.2) is 25.2 Å². The molecule has 5 nitrogen and oxygen atoms in total. The van der Waals surface area contributed by atoms with Crippen molar-refractivity contribution in [2.45, 2.75) is 13.0 Å². The van der Waals surface area contributed by atoms with Crippen molar-refractivity contribution in [1.29, 1.82) is 0 Å². The summed E-state index contributed by atoms with van der Waals surface area (Å²) < 4.78 is 4.94. The molecule has 1 aromatic heterocycles. The fraction of sp³-hybridized carbons (Fsp3) is 0.250. The van der Waals surface area contributed by atoms with Crippen molar-refractivity contribution in [2.24, 2.45) is 0 Å². The molecule has 0 spiro atoms. The quantitative estimate of drug-likeness (QED) is 0.922. The van der Waals surface area contributed by atoms with Crippen molar-refractivity contribution < 1.29 is 14.3 Å². The highest BCUT2D eigenvalue weighted by atomic mass is 32.1. The minimum absolute atomic E-state index is 0.00608. The molecule has 6 heteroatoms. The van der Waals surface area contributed by atoms with Crippen molar-refractivity contribution >= 4 is 29.0 Å². The number of anilines is 1. The molecule has 2 aromatic rings. The first-order chi connectivity index (χ1) is 10.7. The van der Waals surface area contributed by atoms with Gasteiger partial charge in [-0.25, -0.2) is 4.79 Å². The second kappa shape index (κ2) is 6.62. The summed E-state index contributed by atoms with van der Waals surface area (Å²) in [4.78, 5) is 26.1. The number of hydrogen-bond acceptors (Lipinski definition) is 4. The van der Waals surface area contributed by atoms with Gasteiger partial charge in [-0.3, -0.25) is 9.69 Å². The molecule has 2 amide bonds. The van der Waals surface area contributed by atoms with Gasteiger partial charge in [0.1, 0.15) is 6.61 Å². The SMILES string of the molecule is O=C(Cc1cccs1)NCc1cccc(N2CCOC2=O)c1. The summed E-state index contributed by atoms with van der Waals surface area (Å²) in [5, 5.41) is 4.86. The van der Waals surface area contributed by atoms with E-state index in [1.165, 1.54) is 0 Å². The standard InChI is InChI=1S/C16H16N2O3S/c19-15(10-14-5-2-8-22-14)17-11-12-3-1-4-13(9-12)18-6-7-21-16(18)20/h1-5,8-9H,6-7,10-11H2,(H,17,19). The van der Waals surface area contributed by atoms with Crippen LogP contribution in [0, 0.1) is 0 Å². The fourth-order valence-corrected chi connectivity index (χ4v) is 3.00. The Hall–Kier alpha value is -2.34. The van der Waals surface area contributed by atoms with Gasteiger partial charge in [-0.15, -0.1) is 11.3 Å². The van der Waals surface area contributed by atoms with Crippen LogP contribution in [0.2, 0.25) is 0 Å². The van der Waals surface area contributed by atoms with E-state index in [0.29, 0.717) is 26.1 Å². The van der Waals surface area contributed by atoms with E-state index in [4.69, 9.17) is 4.74 Å². The fourth-order valence-electron chi connectivity index (χ4n) is 2.30. The maximum atomic E-state index is 11.9. The third-order valence-electron chi connectivity index (χ3n) is 3.39. The molecule has 1 N–H and O–H groups in total. The Balaban J connectivity index is 1.58. The lowest BCUT2D eigenvalue weighted by molar-refractivity contribution is -0.120. The van der Waals surface area contributed by atoms with Gasteiger partial charge in [-0.2, -0.15) is 0 Å². The molecular weight excluding hydrogens is 300 g/mol. The number of amides is 2. The van der Waals surface area contributed by atoms with E-state index in [2.05, 4.69) is 5.32 Å². The minimum Gasteiger partial charge on any atom is -0.447 e. The van der Waals surface area contributed by atoms with Crippen molar-refractivity contribution in [3.05, 3.63) is 52.2 Å². The molecule has 2 heterocycles. The van der Waals surface area contributed by atoms with Crippen LogP contribution in [0.15, 0.2) is 41.8 Å². The van der Waals surface area contributed by atoms with E-state index < -0.39 is 0 Å². The minimum atomic E-state index is -0.320. The van der Waals surface area contributed by atoms with Crippen LogP contribution < -0.4 is 10.2 Å². The molecule has 0 bridgehead atoms. The Labute approximate surface area is 132 Å². The zero-order chi connectivity index (χ0) is 15.4. The summed E-state index contributed by atoms with van der Waals surface area (Å²) >= 11 is 1.57. The van der Waals surface area contributed by atoms with Crippen LogP contribution in [0.1, 0.15) is 10.4 Å². The van der Waals surface area contributed by atoms with E-state index in [1.54, 1.807) is 16.2 Å². The predicted molar refractivity (Wildman–Crippen MR) is 85.0 cm³/mol. The lowest BCUT2D eigenvalue weighted by atomic mass is 10.2. The topological polar surface area (TPSA) is 58.6 Å². The number of rotatable bonds is 5. The van der Waals surface area contributed by atoms with Gasteiger partial charge < -0.3 is 10.1 Å². The van der Waals surface area contributed by atoms with Crippen molar-refractivity contribution in [3.63, 3.8) is 0 Å². The summed E-state index contributed by atoms with van der Waals surface area (Å²) in [6, 6.07) is 11.5. The molecule has 1 aromatic carbocycles. The largest absolute Gasteiger partial charge is 0.447 e. The first kappa shape index (κ1) is 14.6.